The Hall–Kier alpha value is -2.79. The second-order valence-electron chi connectivity index (χ2n) is 6.56. The number of aryl methyl sites for hydroxylation is 2. The highest BCUT2D eigenvalue weighted by atomic mass is 32.2. The summed E-state index contributed by atoms with van der Waals surface area (Å²) in [5.74, 6) is 0.890. The van der Waals surface area contributed by atoms with Crippen molar-refractivity contribution < 1.29 is 4.74 Å². The Morgan fingerprint density at radius 3 is 2.39 bits per heavy atom. The lowest BCUT2D eigenvalue weighted by Gasteiger charge is -2.09. The van der Waals surface area contributed by atoms with E-state index < -0.39 is 0 Å². The van der Waals surface area contributed by atoms with Crippen molar-refractivity contribution in [3.63, 3.8) is 0 Å². The third-order valence-electron chi connectivity index (χ3n) is 4.67. The van der Waals surface area contributed by atoms with Crippen molar-refractivity contribution in [2.45, 2.75) is 37.2 Å². The van der Waals surface area contributed by atoms with Crippen molar-refractivity contribution >= 4 is 22.8 Å². The molecule has 4 nitrogen and oxygen atoms in total. The highest BCUT2D eigenvalue weighted by molar-refractivity contribution is 7.99. The lowest BCUT2D eigenvalue weighted by molar-refractivity contribution is 0.340. The molecule has 0 unspecified atom stereocenters. The normalized spacial score (nSPS) is 11.1. The first-order valence-corrected chi connectivity index (χ1v) is 10.3. The molecule has 0 radical (unpaired) electrons. The Kier molecular flexibility index (Phi) is 5.35. The van der Waals surface area contributed by atoms with Gasteiger partial charge in [-0.3, -0.25) is 0 Å². The van der Waals surface area contributed by atoms with Crippen molar-refractivity contribution in [3.05, 3.63) is 66.5 Å². The number of nitrogens with zero attached hydrogens (tertiary/aromatic N) is 3. The molecule has 0 saturated heterocycles. The zero-order valence-electron chi connectivity index (χ0n) is 16.3. The summed E-state index contributed by atoms with van der Waals surface area (Å²) in [6.07, 6.45) is 1.66. The van der Waals surface area contributed by atoms with E-state index in [2.05, 4.69) is 70.8 Å². The first-order valence-electron chi connectivity index (χ1n) is 9.51. The van der Waals surface area contributed by atoms with E-state index in [0.717, 1.165) is 39.6 Å². The molecule has 2 aromatic carbocycles. The van der Waals surface area contributed by atoms with Gasteiger partial charge in [0.25, 0.3) is 0 Å². The minimum Gasteiger partial charge on any atom is -0.494 e. The third-order valence-corrected chi connectivity index (χ3v) is 5.69. The molecule has 0 spiro atoms. The standard InChI is InChI=1S/C23H23N3OS/c1-4-26-21(17-8-10-18(11-9-17)27-5-2)14-20-22(26)24-15-25-23(20)28-19-12-6-16(3)7-13-19/h6-15H,4-5H2,1-3H3. The Balaban J connectivity index is 1.77. The molecule has 0 fully saturated rings. The molecule has 0 aliphatic heterocycles. The lowest BCUT2D eigenvalue weighted by Crippen LogP contribution is -1.98. The van der Waals surface area contributed by atoms with Crippen molar-refractivity contribution in [3.8, 4) is 17.0 Å². The van der Waals surface area contributed by atoms with Gasteiger partial charge in [-0.2, -0.15) is 0 Å². The van der Waals surface area contributed by atoms with Gasteiger partial charge in [0, 0.05) is 11.4 Å². The molecule has 5 heteroatoms. The number of fused-ring (bicyclic) bond motifs is 1. The summed E-state index contributed by atoms with van der Waals surface area (Å²) in [5, 5.41) is 2.06. The third kappa shape index (κ3) is 3.62. The number of hydrogen-bond donors (Lipinski definition) is 0. The van der Waals surface area contributed by atoms with Crippen LogP contribution in [0.25, 0.3) is 22.3 Å². The molecule has 4 aromatic rings. The second kappa shape index (κ2) is 8.07. The van der Waals surface area contributed by atoms with Crippen LogP contribution in [0.15, 0.2) is 70.8 Å². The van der Waals surface area contributed by atoms with Gasteiger partial charge in [0.15, 0.2) is 0 Å². The van der Waals surface area contributed by atoms with Crippen LogP contribution in [0.3, 0.4) is 0 Å². The maximum absolute atomic E-state index is 5.57. The summed E-state index contributed by atoms with van der Waals surface area (Å²) in [7, 11) is 0. The summed E-state index contributed by atoms with van der Waals surface area (Å²) in [5.41, 5.74) is 4.52. The minimum atomic E-state index is 0.670. The molecule has 0 saturated carbocycles. The molecule has 0 atom stereocenters. The second-order valence-corrected chi connectivity index (χ2v) is 7.62. The van der Waals surface area contributed by atoms with Gasteiger partial charge >= 0.3 is 0 Å². The van der Waals surface area contributed by atoms with E-state index in [1.807, 2.05) is 19.1 Å². The fourth-order valence-electron chi connectivity index (χ4n) is 3.29. The fourth-order valence-corrected chi connectivity index (χ4v) is 4.14. The summed E-state index contributed by atoms with van der Waals surface area (Å²) >= 11 is 1.68. The molecule has 4 rings (SSSR count). The predicted molar refractivity (Wildman–Crippen MR) is 115 cm³/mol. The number of hydrogen-bond acceptors (Lipinski definition) is 4. The Labute approximate surface area is 169 Å². The van der Waals surface area contributed by atoms with Crippen LogP contribution in [-0.4, -0.2) is 21.1 Å². The van der Waals surface area contributed by atoms with Gasteiger partial charge < -0.3 is 9.30 Å². The average molecular weight is 390 g/mol. The summed E-state index contributed by atoms with van der Waals surface area (Å²) in [4.78, 5) is 10.3. The van der Waals surface area contributed by atoms with Gasteiger partial charge in [0.05, 0.1) is 17.7 Å². The molecule has 28 heavy (non-hydrogen) atoms. The van der Waals surface area contributed by atoms with Crippen molar-refractivity contribution in [1.29, 1.82) is 0 Å². The molecular weight excluding hydrogens is 366 g/mol. The fraction of sp³-hybridized carbons (Fsp3) is 0.217. The van der Waals surface area contributed by atoms with Gasteiger partial charge in [0.1, 0.15) is 22.7 Å². The molecule has 2 aromatic heterocycles. The number of benzene rings is 2. The van der Waals surface area contributed by atoms with Gasteiger partial charge in [-0.1, -0.05) is 29.5 Å². The molecule has 142 valence electrons. The molecule has 2 heterocycles. The van der Waals surface area contributed by atoms with E-state index in [1.54, 1.807) is 18.1 Å². The maximum Gasteiger partial charge on any atom is 0.144 e. The highest BCUT2D eigenvalue weighted by Gasteiger charge is 2.15. The highest BCUT2D eigenvalue weighted by Crippen LogP contribution is 2.35. The Morgan fingerprint density at radius 1 is 0.964 bits per heavy atom. The maximum atomic E-state index is 5.57. The SMILES string of the molecule is CCOc1ccc(-c2cc3c(Sc4ccc(C)cc4)ncnc3n2CC)cc1. The van der Waals surface area contributed by atoms with Crippen LogP contribution in [0, 0.1) is 6.92 Å². The predicted octanol–water partition coefficient (Wildman–Crippen LogP) is 5.98. The topological polar surface area (TPSA) is 39.9 Å². The molecule has 0 aliphatic carbocycles. The quantitative estimate of drug-likeness (QED) is 0.381. The molecule has 0 N–H and O–H groups in total. The summed E-state index contributed by atoms with van der Waals surface area (Å²) in [6, 6.07) is 19.0. The number of ether oxygens (including phenoxy) is 1. The van der Waals surface area contributed by atoms with Crippen LogP contribution in [0.5, 0.6) is 5.75 Å². The largest absolute Gasteiger partial charge is 0.494 e. The number of rotatable bonds is 6. The van der Waals surface area contributed by atoms with E-state index in [4.69, 9.17) is 4.74 Å². The van der Waals surface area contributed by atoms with Crippen LogP contribution in [0.4, 0.5) is 0 Å². The number of aromatic nitrogens is 3. The van der Waals surface area contributed by atoms with Crippen LogP contribution >= 0.6 is 11.8 Å². The lowest BCUT2D eigenvalue weighted by atomic mass is 10.1. The van der Waals surface area contributed by atoms with Gasteiger partial charge in [-0.25, -0.2) is 9.97 Å². The molecule has 0 amide bonds. The first kappa shape index (κ1) is 18.6. The van der Waals surface area contributed by atoms with Crippen LogP contribution < -0.4 is 4.74 Å². The van der Waals surface area contributed by atoms with E-state index in [9.17, 15) is 0 Å². The smallest absolute Gasteiger partial charge is 0.144 e. The molecular formula is C23H23N3OS. The zero-order chi connectivity index (χ0) is 19.5. The monoisotopic (exact) mass is 389 g/mol. The molecule has 0 aliphatic rings. The van der Waals surface area contributed by atoms with E-state index in [0.29, 0.717) is 6.61 Å². The van der Waals surface area contributed by atoms with E-state index in [-0.39, 0.29) is 0 Å². The van der Waals surface area contributed by atoms with Gasteiger partial charge in [0.2, 0.25) is 0 Å². The zero-order valence-corrected chi connectivity index (χ0v) is 17.2. The average Bonchev–Trinajstić information content (AvgIpc) is 3.10. The van der Waals surface area contributed by atoms with Crippen molar-refractivity contribution in [2.24, 2.45) is 0 Å². The van der Waals surface area contributed by atoms with E-state index >= 15 is 0 Å². The first-order chi connectivity index (χ1) is 13.7. The van der Waals surface area contributed by atoms with Crippen LogP contribution in [0.2, 0.25) is 0 Å². The van der Waals surface area contributed by atoms with Crippen LogP contribution in [-0.2, 0) is 6.54 Å². The van der Waals surface area contributed by atoms with Gasteiger partial charge in [-0.15, -0.1) is 0 Å². The van der Waals surface area contributed by atoms with Crippen LogP contribution in [0.1, 0.15) is 19.4 Å². The Bertz CT molecular complexity index is 1090. The van der Waals surface area contributed by atoms with Gasteiger partial charge in [-0.05, 0) is 68.8 Å². The van der Waals surface area contributed by atoms with Crippen molar-refractivity contribution in [2.75, 3.05) is 6.61 Å². The summed E-state index contributed by atoms with van der Waals surface area (Å²) in [6.45, 7) is 7.75. The molecule has 0 bridgehead atoms. The van der Waals surface area contributed by atoms with E-state index in [1.165, 1.54) is 10.5 Å². The summed E-state index contributed by atoms with van der Waals surface area (Å²) < 4.78 is 7.82. The Morgan fingerprint density at radius 2 is 1.71 bits per heavy atom. The minimum absolute atomic E-state index is 0.670. The van der Waals surface area contributed by atoms with Crippen molar-refractivity contribution in [1.82, 2.24) is 14.5 Å².